The lowest BCUT2D eigenvalue weighted by molar-refractivity contribution is -0.122. The molecular weight excluding hydrogens is 538 g/mol. The van der Waals surface area contributed by atoms with Crippen molar-refractivity contribution in [3.05, 3.63) is 48.1 Å². The van der Waals surface area contributed by atoms with Crippen LogP contribution in [0.5, 0.6) is 0 Å². The second kappa shape index (κ2) is 10.9. The molecule has 0 aliphatic heterocycles. The Balaban J connectivity index is 1.11. The van der Waals surface area contributed by atoms with E-state index in [2.05, 4.69) is 17.1 Å². The van der Waals surface area contributed by atoms with Crippen LogP contribution in [-0.4, -0.2) is 34.0 Å². The van der Waals surface area contributed by atoms with Gasteiger partial charge in [-0.05, 0) is 94.1 Å². The molecule has 0 atom stereocenters. The Bertz CT molecular complexity index is 1400. The molecule has 42 heavy (non-hydrogen) atoms. The highest BCUT2D eigenvalue weighted by Gasteiger charge is 2.53. The van der Waals surface area contributed by atoms with Crippen LogP contribution in [-0.2, 0) is 16.6 Å². The number of hydrogen-bond acceptors (Lipinski definition) is 6. The molecule has 1 amide bonds. The van der Waals surface area contributed by atoms with Crippen molar-refractivity contribution in [3.8, 4) is 11.3 Å². The van der Waals surface area contributed by atoms with E-state index in [4.69, 9.17) is 13.9 Å². The maximum Gasteiger partial charge on any atom is 0.241 e. The Hall–Kier alpha value is -3.10. The second-order valence-corrected chi connectivity index (χ2v) is 13.5. The molecular formula is C33H40F2N4O3. The quantitative estimate of drug-likeness (QED) is 0.230. The van der Waals surface area contributed by atoms with Gasteiger partial charge in [0.25, 0.3) is 0 Å². The standard InChI is InChI=1S/C33H40F2N4O3/c1-2-4-27-36-19-26(41-27)23-5-3-6-25(18-23)39(28(40)17-21-15-24(16-21)29(34)35)20-32-9-12-33(13-10-32,14-11-32)31-37-30(38-42-31)22-7-8-22/h3,5-6,18-19,21-22,24,29H,2,4,7-17,20H2,1H3. The number of fused-ring (bicyclic) bond motifs is 3. The van der Waals surface area contributed by atoms with Crippen LogP contribution in [0.4, 0.5) is 14.5 Å². The van der Waals surface area contributed by atoms with E-state index < -0.39 is 12.3 Å². The summed E-state index contributed by atoms with van der Waals surface area (Å²) in [5, 5.41) is 4.30. The topological polar surface area (TPSA) is 85.3 Å². The maximum atomic E-state index is 13.9. The number of alkyl halides is 2. The van der Waals surface area contributed by atoms with E-state index in [0.29, 0.717) is 43.4 Å². The van der Waals surface area contributed by atoms with Gasteiger partial charge >= 0.3 is 0 Å². The molecule has 5 fully saturated rings. The minimum Gasteiger partial charge on any atom is -0.441 e. The lowest BCUT2D eigenvalue weighted by Gasteiger charge is -2.53. The average molecular weight is 579 g/mol. The summed E-state index contributed by atoms with van der Waals surface area (Å²) < 4.78 is 38.1. The van der Waals surface area contributed by atoms with Crippen molar-refractivity contribution in [2.45, 2.75) is 108 Å². The van der Waals surface area contributed by atoms with Crippen molar-refractivity contribution in [3.63, 3.8) is 0 Å². The molecule has 5 saturated carbocycles. The zero-order valence-corrected chi connectivity index (χ0v) is 24.4. The minimum atomic E-state index is -2.30. The van der Waals surface area contributed by atoms with Gasteiger partial charge in [-0.1, -0.05) is 24.2 Å². The van der Waals surface area contributed by atoms with Crippen LogP contribution in [0.15, 0.2) is 39.4 Å². The predicted octanol–water partition coefficient (Wildman–Crippen LogP) is 7.86. The van der Waals surface area contributed by atoms with Crippen molar-refractivity contribution in [2.75, 3.05) is 11.4 Å². The number of carbonyl (C=O) groups excluding carboxylic acids is 1. The molecule has 9 heteroatoms. The Kier molecular flexibility index (Phi) is 7.17. The first-order chi connectivity index (χ1) is 20.4. The second-order valence-electron chi connectivity index (χ2n) is 13.5. The third-order valence-electron chi connectivity index (χ3n) is 10.6. The highest BCUT2D eigenvalue weighted by molar-refractivity contribution is 5.94. The van der Waals surface area contributed by atoms with E-state index in [1.165, 1.54) is 0 Å². The highest BCUT2D eigenvalue weighted by atomic mass is 19.3. The fourth-order valence-corrected chi connectivity index (χ4v) is 7.55. The number of rotatable bonds is 11. The summed E-state index contributed by atoms with van der Waals surface area (Å²) >= 11 is 0. The van der Waals surface area contributed by atoms with Crippen LogP contribution in [0.3, 0.4) is 0 Å². The first-order valence-electron chi connectivity index (χ1n) is 15.8. The minimum absolute atomic E-state index is 0.0123. The van der Waals surface area contributed by atoms with Crippen molar-refractivity contribution in [2.24, 2.45) is 17.3 Å². The van der Waals surface area contributed by atoms with Crippen LogP contribution < -0.4 is 4.90 Å². The number of halogens is 2. The van der Waals surface area contributed by atoms with E-state index in [1.807, 2.05) is 29.2 Å². The maximum absolute atomic E-state index is 13.9. The van der Waals surface area contributed by atoms with Gasteiger partial charge in [-0.15, -0.1) is 0 Å². The van der Waals surface area contributed by atoms with E-state index >= 15 is 0 Å². The molecule has 2 heterocycles. The van der Waals surface area contributed by atoms with Crippen LogP contribution in [0.25, 0.3) is 11.3 Å². The third kappa shape index (κ3) is 5.28. The van der Waals surface area contributed by atoms with Gasteiger partial charge in [0, 0.05) is 47.9 Å². The number of aromatic nitrogens is 3. The lowest BCUT2D eigenvalue weighted by Crippen LogP contribution is -2.51. The first-order valence-corrected chi connectivity index (χ1v) is 15.8. The Morgan fingerprint density at radius 3 is 2.57 bits per heavy atom. The van der Waals surface area contributed by atoms with Gasteiger partial charge in [-0.3, -0.25) is 4.79 Å². The van der Waals surface area contributed by atoms with Gasteiger partial charge in [0.1, 0.15) is 0 Å². The summed E-state index contributed by atoms with van der Waals surface area (Å²) in [4.78, 5) is 25.1. The molecule has 5 aliphatic carbocycles. The summed E-state index contributed by atoms with van der Waals surface area (Å²) in [6.45, 7) is 2.72. The summed E-state index contributed by atoms with van der Waals surface area (Å²) in [5.74, 6) is 3.03. The Labute approximate surface area is 245 Å². The summed E-state index contributed by atoms with van der Waals surface area (Å²) in [6, 6.07) is 7.94. The number of anilines is 1. The predicted molar refractivity (Wildman–Crippen MR) is 153 cm³/mol. The van der Waals surface area contributed by atoms with Crippen molar-refractivity contribution < 1.29 is 22.5 Å². The van der Waals surface area contributed by atoms with Gasteiger partial charge in [0.05, 0.1) is 6.20 Å². The number of nitrogens with zero attached hydrogens (tertiary/aromatic N) is 4. The van der Waals surface area contributed by atoms with Crippen molar-refractivity contribution in [1.82, 2.24) is 15.1 Å². The highest BCUT2D eigenvalue weighted by Crippen LogP contribution is 2.58. The van der Waals surface area contributed by atoms with Crippen LogP contribution >= 0.6 is 0 Å². The summed E-state index contributed by atoms with van der Waals surface area (Å²) in [6.07, 6.45) is 10.6. The zero-order valence-electron chi connectivity index (χ0n) is 24.4. The molecule has 0 saturated heterocycles. The molecule has 3 aromatic rings. The Morgan fingerprint density at radius 2 is 1.88 bits per heavy atom. The molecule has 7 nitrogen and oxygen atoms in total. The van der Waals surface area contributed by atoms with Gasteiger partial charge < -0.3 is 13.8 Å². The van der Waals surface area contributed by atoms with E-state index in [1.54, 1.807) is 6.20 Å². The SMILES string of the molecule is CCCc1ncc(-c2cccc(N(CC34CCC(c5nc(C6CC6)no5)(CC3)CC4)C(=O)CC3CC(C(F)F)C3)c2)o1. The summed E-state index contributed by atoms with van der Waals surface area (Å²) in [5.41, 5.74) is 1.68. The van der Waals surface area contributed by atoms with Gasteiger partial charge in [-0.2, -0.15) is 4.98 Å². The van der Waals surface area contributed by atoms with Gasteiger partial charge in [0.2, 0.25) is 18.2 Å². The monoisotopic (exact) mass is 578 g/mol. The van der Waals surface area contributed by atoms with Crippen LogP contribution in [0.2, 0.25) is 0 Å². The molecule has 1 aromatic carbocycles. The molecule has 0 unspecified atom stereocenters. The fourth-order valence-electron chi connectivity index (χ4n) is 7.55. The molecule has 224 valence electrons. The molecule has 2 aromatic heterocycles. The molecule has 2 bridgehead atoms. The number of aryl methyl sites for hydroxylation is 1. The number of benzene rings is 1. The largest absolute Gasteiger partial charge is 0.441 e. The van der Waals surface area contributed by atoms with E-state index in [-0.39, 0.29) is 22.7 Å². The van der Waals surface area contributed by atoms with Crippen LogP contribution in [0, 0.1) is 17.3 Å². The van der Waals surface area contributed by atoms with Gasteiger partial charge in [-0.25, -0.2) is 13.8 Å². The number of oxazole rings is 1. The molecule has 0 spiro atoms. The number of amides is 1. The Morgan fingerprint density at radius 1 is 1.12 bits per heavy atom. The van der Waals surface area contributed by atoms with Crippen LogP contribution in [0.1, 0.15) is 107 Å². The average Bonchev–Trinajstić information content (AvgIpc) is 3.51. The molecule has 0 N–H and O–H groups in total. The number of hydrogen-bond donors (Lipinski definition) is 0. The normalized spacial score (nSPS) is 28.7. The van der Waals surface area contributed by atoms with Crippen molar-refractivity contribution >= 4 is 11.6 Å². The van der Waals surface area contributed by atoms with E-state index in [0.717, 1.165) is 87.2 Å². The van der Waals surface area contributed by atoms with Crippen molar-refractivity contribution in [1.29, 1.82) is 0 Å². The molecule has 0 radical (unpaired) electrons. The lowest BCUT2D eigenvalue weighted by atomic mass is 9.53. The molecule has 8 rings (SSSR count). The smallest absolute Gasteiger partial charge is 0.241 e. The third-order valence-corrected chi connectivity index (χ3v) is 10.6. The number of carbonyl (C=O) groups is 1. The molecule has 5 aliphatic rings. The van der Waals surface area contributed by atoms with E-state index in [9.17, 15) is 13.6 Å². The zero-order chi connectivity index (χ0) is 28.9. The summed E-state index contributed by atoms with van der Waals surface area (Å²) in [7, 11) is 0. The van der Waals surface area contributed by atoms with Gasteiger partial charge in [0.15, 0.2) is 17.5 Å². The first kappa shape index (κ1) is 27.7. The fraction of sp³-hybridized carbons (Fsp3) is 0.636.